The van der Waals surface area contributed by atoms with Crippen LogP contribution in [-0.4, -0.2) is 44.3 Å². The number of hydrogen-bond donors (Lipinski definition) is 1. The molecule has 1 fully saturated rings. The van der Waals surface area contributed by atoms with Gasteiger partial charge in [0.25, 0.3) is 5.91 Å². The lowest BCUT2D eigenvalue weighted by atomic mass is 10.0. The van der Waals surface area contributed by atoms with Crippen molar-refractivity contribution in [2.24, 2.45) is 0 Å². The molecule has 2 aromatic rings. The molecule has 1 amide bonds. The number of hydrogen-bond acceptors (Lipinski definition) is 4. The van der Waals surface area contributed by atoms with Crippen molar-refractivity contribution >= 4 is 11.7 Å². The van der Waals surface area contributed by atoms with Crippen molar-refractivity contribution in [1.29, 1.82) is 0 Å². The van der Waals surface area contributed by atoms with Gasteiger partial charge in [-0.05, 0) is 37.8 Å². The Morgan fingerprint density at radius 2 is 2.07 bits per heavy atom. The Kier molecular flexibility index (Phi) is 4.76. The third-order valence-corrected chi connectivity index (χ3v) is 5.56. The normalized spacial score (nSPS) is 24.7. The van der Waals surface area contributed by atoms with E-state index in [0.717, 1.165) is 11.1 Å². The molecule has 0 radical (unpaired) electrons. The van der Waals surface area contributed by atoms with Gasteiger partial charge in [-0.3, -0.25) is 9.78 Å². The quantitative estimate of drug-likeness (QED) is 0.858. The highest BCUT2D eigenvalue weighted by Gasteiger charge is 2.46. The number of pyridine rings is 1. The van der Waals surface area contributed by atoms with E-state index in [0.29, 0.717) is 36.5 Å². The van der Waals surface area contributed by atoms with Crippen LogP contribution in [0.3, 0.4) is 0 Å². The monoisotopic (exact) mass is 393 g/mol. The zero-order chi connectivity index (χ0) is 19.9. The third kappa shape index (κ3) is 3.33. The summed E-state index contributed by atoms with van der Waals surface area (Å²) in [5, 5.41) is 7.46. The first-order valence-corrected chi connectivity index (χ1v) is 9.52. The van der Waals surface area contributed by atoms with Crippen LogP contribution in [0.2, 0.25) is 0 Å². The van der Waals surface area contributed by atoms with Gasteiger partial charge in [-0.15, -0.1) is 0 Å². The van der Waals surface area contributed by atoms with Crippen molar-refractivity contribution in [2.75, 3.05) is 11.9 Å². The number of carbonyl (C=O) groups excluding carboxylic acids is 1. The molecule has 0 bridgehead atoms. The fraction of sp³-hybridized carbons (Fsp3) is 0.526. The standard InChI is InChI=1S/C19H22F3N5O/c1-2-13-10-16(19(20,21)22)27-17(24-13)11-14(25-27)15-4-3-9-26(15)18(28)12-5-7-23-8-6-12/h5-8,11,13,15-16,24H,2-4,9-10H2,1H3/t13-,15+,16-/m1/s1. The summed E-state index contributed by atoms with van der Waals surface area (Å²) in [7, 11) is 0. The number of anilines is 1. The average Bonchev–Trinajstić information content (AvgIpc) is 3.32. The van der Waals surface area contributed by atoms with Gasteiger partial charge in [0.1, 0.15) is 5.82 Å². The molecule has 150 valence electrons. The first-order chi connectivity index (χ1) is 13.4. The fourth-order valence-corrected chi connectivity index (χ4v) is 4.08. The first kappa shape index (κ1) is 18.8. The Morgan fingerprint density at radius 1 is 1.32 bits per heavy atom. The molecule has 0 aliphatic carbocycles. The first-order valence-electron chi connectivity index (χ1n) is 9.52. The molecule has 2 aliphatic rings. The lowest BCUT2D eigenvalue weighted by Gasteiger charge is -2.32. The lowest BCUT2D eigenvalue weighted by Crippen LogP contribution is -2.39. The number of aromatic nitrogens is 3. The summed E-state index contributed by atoms with van der Waals surface area (Å²) in [5.74, 6) is 0.223. The minimum atomic E-state index is -4.37. The van der Waals surface area contributed by atoms with Crippen LogP contribution in [0.25, 0.3) is 0 Å². The summed E-state index contributed by atoms with van der Waals surface area (Å²) in [6.45, 7) is 2.42. The molecule has 2 aliphatic heterocycles. The Hall–Kier alpha value is -2.58. The van der Waals surface area contributed by atoms with E-state index >= 15 is 0 Å². The van der Waals surface area contributed by atoms with Gasteiger partial charge in [0, 0.05) is 36.6 Å². The second-order valence-corrected chi connectivity index (χ2v) is 7.33. The molecule has 3 atom stereocenters. The number of rotatable bonds is 3. The van der Waals surface area contributed by atoms with Crippen LogP contribution in [0.1, 0.15) is 60.7 Å². The van der Waals surface area contributed by atoms with Crippen LogP contribution in [0.5, 0.6) is 0 Å². The second-order valence-electron chi connectivity index (χ2n) is 7.33. The highest BCUT2D eigenvalue weighted by atomic mass is 19.4. The van der Waals surface area contributed by atoms with Crippen molar-refractivity contribution in [3.63, 3.8) is 0 Å². The van der Waals surface area contributed by atoms with E-state index in [1.54, 1.807) is 35.5 Å². The smallest absolute Gasteiger partial charge is 0.367 e. The van der Waals surface area contributed by atoms with Gasteiger partial charge in [-0.25, -0.2) is 4.68 Å². The van der Waals surface area contributed by atoms with E-state index in [9.17, 15) is 18.0 Å². The zero-order valence-corrected chi connectivity index (χ0v) is 15.5. The van der Waals surface area contributed by atoms with Crippen molar-refractivity contribution in [1.82, 2.24) is 19.7 Å². The van der Waals surface area contributed by atoms with Crippen LogP contribution < -0.4 is 5.32 Å². The zero-order valence-electron chi connectivity index (χ0n) is 15.5. The maximum atomic E-state index is 13.6. The van der Waals surface area contributed by atoms with E-state index in [4.69, 9.17) is 0 Å². The van der Waals surface area contributed by atoms with E-state index in [1.165, 1.54) is 0 Å². The molecule has 9 heteroatoms. The van der Waals surface area contributed by atoms with Crippen molar-refractivity contribution in [3.05, 3.63) is 41.9 Å². The average molecular weight is 393 g/mol. The molecule has 0 unspecified atom stereocenters. The van der Waals surface area contributed by atoms with Crippen LogP contribution >= 0.6 is 0 Å². The molecule has 0 saturated carbocycles. The topological polar surface area (TPSA) is 63.1 Å². The van der Waals surface area contributed by atoms with Gasteiger partial charge in [0.05, 0.1) is 11.7 Å². The number of alkyl halides is 3. The summed E-state index contributed by atoms with van der Waals surface area (Å²) in [6, 6.07) is 2.74. The van der Waals surface area contributed by atoms with E-state index < -0.39 is 12.2 Å². The molecule has 1 N–H and O–H groups in total. The predicted molar refractivity (Wildman–Crippen MR) is 96.9 cm³/mol. The molecule has 4 heterocycles. The summed E-state index contributed by atoms with van der Waals surface area (Å²) in [4.78, 5) is 18.5. The van der Waals surface area contributed by atoms with E-state index in [2.05, 4.69) is 15.4 Å². The second kappa shape index (κ2) is 7.10. The van der Waals surface area contributed by atoms with Crippen LogP contribution in [-0.2, 0) is 0 Å². The fourth-order valence-electron chi connectivity index (χ4n) is 4.08. The summed E-state index contributed by atoms with van der Waals surface area (Å²) < 4.78 is 41.8. The number of amides is 1. The maximum absolute atomic E-state index is 13.6. The van der Waals surface area contributed by atoms with Crippen molar-refractivity contribution < 1.29 is 18.0 Å². The van der Waals surface area contributed by atoms with Crippen LogP contribution in [0.15, 0.2) is 30.6 Å². The summed E-state index contributed by atoms with van der Waals surface area (Å²) >= 11 is 0. The lowest BCUT2D eigenvalue weighted by molar-refractivity contribution is -0.173. The number of fused-ring (bicyclic) bond motifs is 1. The molecule has 1 saturated heterocycles. The van der Waals surface area contributed by atoms with E-state index in [-0.39, 0.29) is 24.4 Å². The SMILES string of the molecule is CC[C@@H]1C[C@H](C(F)(F)F)n2nc([C@@H]3CCCN3C(=O)c3ccncc3)cc2N1. The number of nitrogens with zero attached hydrogens (tertiary/aromatic N) is 4. The van der Waals surface area contributed by atoms with Crippen molar-refractivity contribution in [2.45, 2.75) is 56.9 Å². The molecule has 28 heavy (non-hydrogen) atoms. The van der Waals surface area contributed by atoms with Gasteiger partial charge in [-0.1, -0.05) is 6.92 Å². The summed E-state index contributed by atoms with van der Waals surface area (Å²) in [5.41, 5.74) is 1.02. The molecule has 0 spiro atoms. The minimum Gasteiger partial charge on any atom is -0.367 e. The van der Waals surface area contributed by atoms with Crippen LogP contribution in [0, 0.1) is 0 Å². The predicted octanol–water partition coefficient (Wildman–Crippen LogP) is 3.95. The van der Waals surface area contributed by atoms with E-state index in [1.807, 2.05) is 6.92 Å². The number of likely N-dealkylation sites (tertiary alicyclic amines) is 1. The molecule has 0 aromatic carbocycles. The Balaban J connectivity index is 1.65. The minimum absolute atomic E-state index is 0.0432. The van der Waals surface area contributed by atoms with Gasteiger partial charge in [0.2, 0.25) is 0 Å². The van der Waals surface area contributed by atoms with Gasteiger partial charge >= 0.3 is 6.18 Å². The van der Waals surface area contributed by atoms with Crippen LogP contribution in [0.4, 0.5) is 19.0 Å². The molecule has 4 rings (SSSR count). The number of carbonyl (C=O) groups is 1. The Bertz CT molecular complexity index is 851. The Morgan fingerprint density at radius 3 is 2.75 bits per heavy atom. The van der Waals surface area contributed by atoms with Gasteiger partial charge in [0.15, 0.2) is 6.04 Å². The van der Waals surface area contributed by atoms with Gasteiger partial charge < -0.3 is 10.2 Å². The summed E-state index contributed by atoms with van der Waals surface area (Å²) in [6.07, 6.45) is 0.767. The Labute approximate surface area is 160 Å². The largest absolute Gasteiger partial charge is 0.410 e. The number of nitrogens with one attached hydrogen (secondary N) is 1. The van der Waals surface area contributed by atoms with Gasteiger partial charge in [-0.2, -0.15) is 18.3 Å². The third-order valence-electron chi connectivity index (χ3n) is 5.56. The molecular weight excluding hydrogens is 371 g/mol. The number of halogens is 3. The highest BCUT2D eigenvalue weighted by Crippen LogP contribution is 2.42. The molecule has 2 aromatic heterocycles. The molecular formula is C19H22F3N5O. The van der Waals surface area contributed by atoms with Crippen molar-refractivity contribution in [3.8, 4) is 0 Å². The highest BCUT2D eigenvalue weighted by molar-refractivity contribution is 5.94. The maximum Gasteiger partial charge on any atom is 0.410 e. The molecule has 6 nitrogen and oxygen atoms in total.